The van der Waals surface area contributed by atoms with Crippen LogP contribution in [0.3, 0.4) is 0 Å². The fourth-order valence-electron chi connectivity index (χ4n) is 3.69. The molecule has 0 bridgehead atoms. The van der Waals surface area contributed by atoms with Gasteiger partial charge in [-0.1, -0.05) is 29.1 Å². The van der Waals surface area contributed by atoms with Crippen LogP contribution in [0.4, 0.5) is 19.1 Å². The highest BCUT2D eigenvalue weighted by molar-refractivity contribution is 7.98. The van der Waals surface area contributed by atoms with Crippen LogP contribution in [0, 0.1) is 0 Å². The summed E-state index contributed by atoms with van der Waals surface area (Å²) in [4.78, 5) is 6.64. The highest BCUT2D eigenvalue weighted by atomic mass is 32.2. The fraction of sp³-hybridized carbons (Fsp3) is 0.500. The molecule has 5 rings (SSSR count). The standard InChI is InChI=1S/C20H21F3N6OS/c21-20(22,23)14-6-4-13(5-7-14)17-24-16(30-27-17)12-31-19-26-25-18(29(19)15-8-9-15)28-10-2-1-3-11-28/h4-7,15H,1-3,8-12H2. The van der Waals surface area contributed by atoms with E-state index in [1.165, 1.54) is 43.2 Å². The van der Waals surface area contributed by atoms with Crippen molar-refractivity contribution in [3.05, 3.63) is 35.7 Å². The second-order valence-corrected chi connectivity index (χ2v) is 8.75. The van der Waals surface area contributed by atoms with Crippen LogP contribution in [-0.2, 0) is 11.9 Å². The van der Waals surface area contributed by atoms with Gasteiger partial charge in [0.15, 0.2) is 5.16 Å². The van der Waals surface area contributed by atoms with E-state index in [4.69, 9.17) is 4.52 Å². The Hall–Kier alpha value is -2.56. The highest BCUT2D eigenvalue weighted by Gasteiger charge is 2.32. The number of hydrogen-bond donors (Lipinski definition) is 0. The number of aromatic nitrogens is 5. The van der Waals surface area contributed by atoms with Gasteiger partial charge in [0.05, 0.1) is 11.3 Å². The van der Waals surface area contributed by atoms with Crippen molar-refractivity contribution in [3.63, 3.8) is 0 Å². The minimum absolute atomic E-state index is 0.266. The number of thioether (sulfide) groups is 1. The lowest BCUT2D eigenvalue weighted by Gasteiger charge is -2.27. The van der Waals surface area contributed by atoms with Crippen LogP contribution < -0.4 is 4.90 Å². The zero-order valence-electron chi connectivity index (χ0n) is 16.7. The molecule has 11 heteroatoms. The van der Waals surface area contributed by atoms with Gasteiger partial charge < -0.3 is 9.42 Å². The van der Waals surface area contributed by atoms with Crippen LogP contribution >= 0.6 is 11.8 Å². The molecule has 2 fully saturated rings. The van der Waals surface area contributed by atoms with E-state index >= 15 is 0 Å². The number of rotatable bonds is 6. The molecule has 0 atom stereocenters. The molecule has 1 saturated carbocycles. The molecule has 0 unspecified atom stereocenters. The quantitative estimate of drug-likeness (QED) is 0.491. The lowest BCUT2D eigenvalue weighted by molar-refractivity contribution is -0.137. The first-order valence-electron chi connectivity index (χ1n) is 10.3. The van der Waals surface area contributed by atoms with Gasteiger partial charge in [-0.05, 0) is 44.2 Å². The molecule has 164 valence electrons. The smallest absolute Gasteiger partial charge is 0.341 e. The molecule has 0 N–H and O–H groups in total. The summed E-state index contributed by atoms with van der Waals surface area (Å²) in [5.41, 5.74) is -0.235. The Labute approximate surface area is 181 Å². The van der Waals surface area contributed by atoms with E-state index in [1.807, 2.05) is 0 Å². The van der Waals surface area contributed by atoms with Crippen molar-refractivity contribution in [1.82, 2.24) is 24.9 Å². The third kappa shape index (κ3) is 4.41. The minimum Gasteiger partial charge on any atom is -0.341 e. The number of anilines is 1. The lowest BCUT2D eigenvalue weighted by atomic mass is 10.1. The van der Waals surface area contributed by atoms with Gasteiger partial charge in [-0.15, -0.1) is 10.2 Å². The maximum Gasteiger partial charge on any atom is 0.416 e. The molecule has 0 spiro atoms. The van der Waals surface area contributed by atoms with Gasteiger partial charge in [0.1, 0.15) is 0 Å². The number of alkyl halides is 3. The van der Waals surface area contributed by atoms with Crippen molar-refractivity contribution in [2.45, 2.75) is 55.2 Å². The van der Waals surface area contributed by atoms with Gasteiger partial charge in [0.25, 0.3) is 0 Å². The first-order chi connectivity index (χ1) is 15.0. The first kappa shape index (κ1) is 20.3. The van der Waals surface area contributed by atoms with E-state index in [0.29, 0.717) is 23.2 Å². The molecule has 3 aromatic rings. The third-order valence-electron chi connectivity index (χ3n) is 5.46. The largest absolute Gasteiger partial charge is 0.416 e. The van der Waals surface area contributed by atoms with Gasteiger partial charge >= 0.3 is 6.18 Å². The summed E-state index contributed by atoms with van der Waals surface area (Å²) < 4.78 is 45.7. The number of piperidine rings is 1. The Morgan fingerprint density at radius 2 is 1.77 bits per heavy atom. The Morgan fingerprint density at radius 3 is 2.45 bits per heavy atom. The lowest BCUT2D eigenvalue weighted by Crippen LogP contribution is -2.31. The molecule has 1 aliphatic heterocycles. The van der Waals surface area contributed by atoms with Gasteiger partial charge in [0, 0.05) is 24.7 Å². The van der Waals surface area contributed by atoms with Crippen LogP contribution in [0.5, 0.6) is 0 Å². The highest BCUT2D eigenvalue weighted by Crippen LogP contribution is 2.41. The molecular weight excluding hydrogens is 429 g/mol. The maximum absolute atomic E-state index is 12.7. The first-order valence-corrected chi connectivity index (χ1v) is 11.3. The zero-order valence-corrected chi connectivity index (χ0v) is 17.5. The van der Waals surface area contributed by atoms with Crippen molar-refractivity contribution < 1.29 is 17.7 Å². The Bertz CT molecular complexity index is 1040. The van der Waals surface area contributed by atoms with E-state index in [9.17, 15) is 13.2 Å². The summed E-state index contributed by atoms with van der Waals surface area (Å²) in [5, 5.41) is 13.6. The predicted molar refractivity (Wildman–Crippen MR) is 109 cm³/mol. The molecule has 2 aliphatic rings. The van der Waals surface area contributed by atoms with Crippen molar-refractivity contribution in [2.24, 2.45) is 0 Å². The second-order valence-electron chi connectivity index (χ2n) is 7.81. The summed E-state index contributed by atoms with van der Waals surface area (Å²) in [5.74, 6) is 2.02. The van der Waals surface area contributed by atoms with Crippen LogP contribution in [0.2, 0.25) is 0 Å². The molecule has 0 radical (unpaired) electrons. The number of nitrogens with zero attached hydrogens (tertiary/aromatic N) is 6. The number of hydrogen-bond acceptors (Lipinski definition) is 7. The summed E-state index contributed by atoms with van der Waals surface area (Å²) in [6.07, 6.45) is 1.50. The van der Waals surface area contributed by atoms with Gasteiger partial charge in [-0.2, -0.15) is 18.2 Å². The Kier molecular flexibility index (Phi) is 5.37. The molecule has 2 aromatic heterocycles. The van der Waals surface area contributed by atoms with E-state index in [0.717, 1.165) is 49.2 Å². The monoisotopic (exact) mass is 450 g/mol. The summed E-state index contributed by atoms with van der Waals surface area (Å²) in [6, 6.07) is 5.17. The van der Waals surface area contributed by atoms with Crippen molar-refractivity contribution in [3.8, 4) is 11.4 Å². The topological polar surface area (TPSA) is 72.9 Å². The third-order valence-corrected chi connectivity index (χ3v) is 6.39. The molecule has 1 saturated heterocycles. The van der Waals surface area contributed by atoms with Gasteiger partial charge in [-0.25, -0.2) is 0 Å². The maximum atomic E-state index is 12.7. The Morgan fingerprint density at radius 1 is 1.03 bits per heavy atom. The predicted octanol–water partition coefficient (Wildman–Crippen LogP) is 4.96. The molecule has 31 heavy (non-hydrogen) atoms. The van der Waals surface area contributed by atoms with Gasteiger partial charge in [-0.3, -0.25) is 4.57 Å². The SMILES string of the molecule is FC(F)(F)c1ccc(-c2noc(CSc3nnc(N4CCCCC4)n3C3CC3)n2)cc1. The van der Waals surface area contributed by atoms with Crippen LogP contribution in [-0.4, -0.2) is 38.0 Å². The molecule has 0 amide bonds. The summed E-state index contributed by atoms with van der Waals surface area (Å²) >= 11 is 1.49. The minimum atomic E-state index is -4.37. The van der Waals surface area contributed by atoms with Crippen LogP contribution in [0.25, 0.3) is 11.4 Å². The van der Waals surface area contributed by atoms with Crippen molar-refractivity contribution in [2.75, 3.05) is 18.0 Å². The van der Waals surface area contributed by atoms with E-state index in [1.54, 1.807) is 0 Å². The van der Waals surface area contributed by atoms with Gasteiger partial charge in [0.2, 0.25) is 17.7 Å². The fourth-order valence-corrected chi connectivity index (χ4v) is 4.53. The molecule has 1 aromatic carbocycles. The van der Waals surface area contributed by atoms with Crippen molar-refractivity contribution in [1.29, 1.82) is 0 Å². The van der Waals surface area contributed by atoms with Crippen molar-refractivity contribution >= 4 is 17.7 Å². The number of halogens is 3. The Balaban J connectivity index is 1.28. The molecule has 3 heterocycles. The van der Waals surface area contributed by atoms with E-state index in [2.05, 4.69) is 29.8 Å². The second kappa shape index (κ2) is 8.18. The molecular formula is C20H21F3N6OS. The summed E-state index contributed by atoms with van der Waals surface area (Å²) in [6.45, 7) is 2.02. The van der Waals surface area contributed by atoms with Crippen LogP contribution in [0.15, 0.2) is 33.9 Å². The molecule has 1 aliphatic carbocycles. The average molecular weight is 450 g/mol. The number of benzene rings is 1. The average Bonchev–Trinajstić information content (AvgIpc) is 3.34. The van der Waals surface area contributed by atoms with Crippen LogP contribution in [0.1, 0.15) is 49.6 Å². The normalized spacial score (nSPS) is 17.3. The molecule has 7 nitrogen and oxygen atoms in total. The van der Waals surface area contributed by atoms with E-state index in [-0.39, 0.29) is 5.82 Å². The summed E-state index contributed by atoms with van der Waals surface area (Å²) in [7, 11) is 0. The zero-order chi connectivity index (χ0) is 21.4. The van der Waals surface area contributed by atoms with E-state index < -0.39 is 11.7 Å².